The number of aromatic nitrogens is 3. The van der Waals surface area contributed by atoms with Crippen molar-refractivity contribution in [3.05, 3.63) is 6.33 Å². The van der Waals surface area contributed by atoms with Gasteiger partial charge in [-0.15, -0.1) is 0 Å². The number of hydrogen-bond acceptors (Lipinski definition) is 5. The molecule has 0 fully saturated rings. The average molecular weight is 188 g/mol. The van der Waals surface area contributed by atoms with E-state index in [1.54, 1.807) is 4.68 Å². The summed E-state index contributed by atoms with van der Waals surface area (Å²) >= 11 is 1.45. The Bertz CT molecular complexity index is 239. The Morgan fingerprint density at radius 1 is 1.83 bits per heavy atom. The van der Waals surface area contributed by atoms with E-state index < -0.39 is 6.10 Å². The molecule has 0 aliphatic rings. The summed E-state index contributed by atoms with van der Waals surface area (Å²) in [5.41, 5.74) is 5.24. The van der Waals surface area contributed by atoms with Gasteiger partial charge in [0.05, 0.1) is 6.10 Å². The number of hydrogen-bond donors (Lipinski definition) is 2. The normalized spacial score (nSPS) is 13.2. The first-order valence-electron chi connectivity index (χ1n) is 3.59. The second-order valence-electron chi connectivity index (χ2n) is 2.37. The third-order valence-corrected chi connectivity index (χ3v) is 2.53. The molecular formula is C6H12N4OS. The van der Waals surface area contributed by atoms with Gasteiger partial charge in [0.1, 0.15) is 6.33 Å². The number of nitrogens with two attached hydrogens (primary N) is 1. The molecule has 1 aromatic heterocycles. The van der Waals surface area contributed by atoms with E-state index in [2.05, 4.69) is 10.1 Å². The first-order valence-corrected chi connectivity index (χ1v) is 4.57. The van der Waals surface area contributed by atoms with Crippen molar-refractivity contribution in [3.63, 3.8) is 0 Å². The van der Waals surface area contributed by atoms with Gasteiger partial charge in [-0.25, -0.2) is 9.67 Å². The van der Waals surface area contributed by atoms with Gasteiger partial charge in [-0.3, -0.25) is 0 Å². The van der Waals surface area contributed by atoms with Crippen molar-refractivity contribution in [2.75, 3.05) is 12.3 Å². The summed E-state index contributed by atoms with van der Waals surface area (Å²) in [5.74, 6) is 0.559. The van der Waals surface area contributed by atoms with E-state index in [0.717, 1.165) is 5.16 Å². The van der Waals surface area contributed by atoms with Crippen LogP contribution in [0.3, 0.4) is 0 Å². The van der Waals surface area contributed by atoms with Crippen molar-refractivity contribution in [2.24, 2.45) is 12.8 Å². The molecule has 1 unspecified atom stereocenters. The molecular weight excluding hydrogens is 176 g/mol. The summed E-state index contributed by atoms with van der Waals surface area (Å²) in [5, 5.41) is 13.8. The molecule has 0 amide bonds. The minimum Gasteiger partial charge on any atom is -0.391 e. The Labute approximate surface area is 75.0 Å². The molecule has 68 valence electrons. The lowest BCUT2D eigenvalue weighted by molar-refractivity contribution is 0.208. The second-order valence-corrected chi connectivity index (χ2v) is 3.35. The van der Waals surface area contributed by atoms with Crippen LogP contribution < -0.4 is 5.73 Å². The Hall–Kier alpha value is -0.590. The maximum atomic E-state index is 9.14. The van der Waals surface area contributed by atoms with Gasteiger partial charge in [0.15, 0.2) is 5.16 Å². The molecule has 0 saturated heterocycles. The Balaban J connectivity index is 2.38. The molecule has 0 aliphatic heterocycles. The van der Waals surface area contributed by atoms with Crippen LogP contribution >= 0.6 is 11.8 Å². The zero-order valence-corrected chi connectivity index (χ0v) is 7.66. The Kier molecular flexibility index (Phi) is 3.51. The predicted molar refractivity (Wildman–Crippen MR) is 46.8 cm³/mol. The maximum absolute atomic E-state index is 9.14. The van der Waals surface area contributed by atoms with Crippen LogP contribution in [0.4, 0.5) is 0 Å². The zero-order valence-electron chi connectivity index (χ0n) is 6.84. The minimum absolute atomic E-state index is 0.283. The van der Waals surface area contributed by atoms with Gasteiger partial charge < -0.3 is 10.8 Å². The number of thioether (sulfide) groups is 1. The fraction of sp³-hybridized carbons (Fsp3) is 0.667. The fourth-order valence-corrected chi connectivity index (χ4v) is 1.49. The molecule has 5 nitrogen and oxygen atoms in total. The number of aliphatic hydroxyl groups excluding tert-OH is 1. The molecule has 6 heteroatoms. The second kappa shape index (κ2) is 4.44. The zero-order chi connectivity index (χ0) is 8.97. The van der Waals surface area contributed by atoms with E-state index in [9.17, 15) is 0 Å². The van der Waals surface area contributed by atoms with E-state index in [1.807, 2.05) is 7.05 Å². The molecule has 0 spiro atoms. The summed E-state index contributed by atoms with van der Waals surface area (Å²) in [6, 6.07) is 0. The van der Waals surface area contributed by atoms with Crippen LogP contribution in [-0.2, 0) is 7.05 Å². The Morgan fingerprint density at radius 3 is 3.08 bits per heavy atom. The summed E-state index contributed by atoms with van der Waals surface area (Å²) in [4.78, 5) is 3.98. The quantitative estimate of drug-likeness (QED) is 0.607. The topological polar surface area (TPSA) is 77.0 Å². The van der Waals surface area contributed by atoms with Crippen LogP contribution in [0.1, 0.15) is 0 Å². The maximum Gasteiger partial charge on any atom is 0.185 e. The standard InChI is InChI=1S/C6H12N4OS/c1-10-6(8-4-9-10)12-3-5(11)2-7/h4-5,11H,2-3,7H2,1H3. The highest BCUT2D eigenvalue weighted by atomic mass is 32.2. The number of aryl methyl sites for hydroxylation is 1. The lowest BCUT2D eigenvalue weighted by atomic mass is 10.4. The molecule has 0 radical (unpaired) electrons. The van der Waals surface area contributed by atoms with Crippen LogP contribution in [0.5, 0.6) is 0 Å². The fourth-order valence-electron chi connectivity index (χ4n) is 0.655. The lowest BCUT2D eigenvalue weighted by Gasteiger charge is -2.05. The van der Waals surface area contributed by atoms with Crippen molar-refractivity contribution in [3.8, 4) is 0 Å². The molecule has 1 aromatic rings. The molecule has 0 bridgehead atoms. The highest BCUT2D eigenvalue weighted by Crippen LogP contribution is 2.13. The Morgan fingerprint density at radius 2 is 2.58 bits per heavy atom. The largest absolute Gasteiger partial charge is 0.391 e. The molecule has 12 heavy (non-hydrogen) atoms. The van der Waals surface area contributed by atoms with Crippen molar-refractivity contribution < 1.29 is 5.11 Å². The molecule has 1 heterocycles. The molecule has 0 aliphatic carbocycles. The van der Waals surface area contributed by atoms with Crippen molar-refractivity contribution in [1.82, 2.24) is 14.8 Å². The van der Waals surface area contributed by atoms with E-state index in [1.165, 1.54) is 18.1 Å². The molecule has 1 rings (SSSR count). The number of rotatable bonds is 4. The summed E-state index contributed by atoms with van der Waals surface area (Å²) in [6.45, 7) is 0.283. The van der Waals surface area contributed by atoms with Gasteiger partial charge in [0, 0.05) is 19.3 Å². The summed E-state index contributed by atoms with van der Waals surface area (Å²) < 4.78 is 1.66. The van der Waals surface area contributed by atoms with Crippen LogP contribution in [0.2, 0.25) is 0 Å². The first kappa shape index (κ1) is 9.50. The minimum atomic E-state index is -0.466. The van der Waals surface area contributed by atoms with E-state index in [0.29, 0.717) is 5.75 Å². The lowest BCUT2D eigenvalue weighted by Crippen LogP contribution is -2.22. The van der Waals surface area contributed by atoms with Crippen molar-refractivity contribution in [1.29, 1.82) is 0 Å². The molecule has 0 aromatic carbocycles. The van der Waals surface area contributed by atoms with Gasteiger partial charge in [-0.2, -0.15) is 5.10 Å². The van der Waals surface area contributed by atoms with Crippen molar-refractivity contribution in [2.45, 2.75) is 11.3 Å². The van der Waals surface area contributed by atoms with Crippen LogP contribution in [0.15, 0.2) is 11.5 Å². The number of aliphatic hydroxyl groups is 1. The molecule has 0 saturated carbocycles. The van der Waals surface area contributed by atoms with Crippen LogP contribution in [0, 0.1) is 0 Å². The van der Waals surface area contributed by atoms with Gasteiger partial charge in [0.25, 0.3) is 0 Å². The SMILES string of the molecule is Cn1ncnc1SCC(O)CN. The first-order chi connectivity index (χ1) is 5.74. The van der Waals surface area contributed by atoms with E-state index >= 15 is 0 Å². The summed E-state index contributed by atoms with van der Waals surface area (Å²) in [6.07, 6.45) is 1.02. The van der Waals surface area contributed by atoms with Gasteiger partial charge in [0.2, 0.25) is 0 Å². The monoisotopic (exact) mass is 188 g/mol. The van der Waals surface area contributed by atoms with Crippen LogP contribution in [-0.4, -0.2) is 38.3 Å². The third-order valence-electron chi connectivity index (χ3n) is 1.35. The highest BCUT2D eigenvalue weighted by molar-refractivity contribution is 7.99. The van der Waals surface area contributed by atoms with Crippen molar-refractivity contribution >= 4 is 11.8 Å². The highest BCUT2D eigenvalue weighted by Gasteiger charge is 2.05. The molecule has 1 atom stereocenters. The average Bonchev–Trinajstić information content (AvgIpc) is 2.47. The smallest absolute Gasteiger partial charge is 0.185 e. The van der Waals surface area contributed by atoms with E-state index in [4.69, 9.17) is 10.8 Å². The number of nitrogens with zero attached hydrogens (tertiary/aromatic N) is 3. The van der Waals surface area contributed by atoms with Gasteiger partial charge in [-0.05, 0) is 0 Å². The van der Waals surface area contributed by atoms with Crippen LogP contribution in [0.25, 0.3) is 0 Å². The van der Waals surface area contributed by atoms with Gasteiger partial charge in [-0.1, -0.05) is 11.8 Å². The van der Waals surface area contributed by atoms with E-state index in [-0.39, 0.29) is 6.54 Å². The summed E-state index contributed by atoms with van der Waals surface area (Å²) in [7, 11) is 1.81. The predicted octanol–water partition coefficient (Wildman–Crippen LogP) is -0.773. The molecule has 3 N–H and O–H groups in total. The third kappa shape index (κ3) is 2.47. The van der Waals surface area contributed by atoms with Gasteiger partial charge >= 0.3 is 0 Å².